The van der Waals surface area contributed by atoms with E-state index in [1.54, 1.807) is 12.4 Å². The highest BCUT2D eigenvalue weighted by atomic mass is 15.3. The Morgan fingerprint density at radius 2 is 2.36 bits per heavy atom. The third-order valence-corrected chi connectivity index (χ3v) is 1.27. The van der Waals surface area contributed by atoms with Crippen LogP contribution in [0.15, 0.2) is 12.4 Å². The van der Waals surface area contributed by atoms with Gasteiger partial charge in [-0.3, -0.25) is 10.2 Å². The summed E-state index contributed by atoms with van der Waals surface area (Å²) in [5, 5.41) is 12.7. The first-order valence-electron chi connectivity index (χ1n) is 3.03. The van der Waals surface area contributed by atoms with Gasteiger partial charge in [0.1, 0.15) is 0 Å². The van der Waals surface area contributed by atoms with Gasteiger partial charge in [0.25, 0.3) is 0 Å². The summed E-state index contributed by atoms with van der Waals surface area (Å²) >= 11 is 0. The van der Waals surface area contributed by atoms with E-state index in [-0.39, 0.29) is 5.95 Å². The summed E-state index contributed by atoms with van der Waals surface area (Å²) in [7, 11) is 0. The first kappa shape index (κ1) is 5.90. The maximum Gasteiger partial charge on any atom is 0.239 e. The molecule has 2 rings (SSSR count). The molecule has 2 heterocycles. The summed E-state index contributed by atoms with van der Waals surface area (Å²) in [6, 6.07) is 0. The van der Waals surface area contributed by atoms with Gasteiger partial charge in [-0.2, -0.15) is 10.1 Å². The average molecular weight is 150 g/mol. The van der Waals surface area contributed by atoms with Crippen LogP contribution in [0.25, 0.3) is 11.4 Å². The Bertz CT molecular complexity index is 333. The monoisotopic (exact) mass is 150 g/mol. The molecule has 0 aromatic carbocycles. The van der Waals surface area contributed by atoms with Gasteiger partial charge in [0.05, 0.1) is 11.8 Å². The van der Waals surface area contributed by atoms with Gasteiger partial charge in [0.15, 0.2) is 5.82 Å². The summed E-state index contributed by atoms with van der Waals surface area (Å²) in [6.07, 6.45) is 3.35. The zero-order chi connectivity index (χ0) is 7.68. The molecule has 0 saturated carbocycles. The third kappa shape index (κ3) is 0.936. The molecule has 0 unspecified atom stereocenters. The van der Waals surface area contributed by atoms with Gasteiger partial charge in [-0.15, -0.1) is 5.10 Å². The highest BCUT2D eigenvalue weighted by molar-refractivity contribution is 5.52. The van der Waals surface area contributed by atoms with E-state index in [1.807, 2.05) is 0 Å². The SMILES string of the molecule is Nc1n[nH]c(-c2cn[nH]c2)n1. The molecule has 0 bridgehead atoms. The second-order valence-corrected chi connectivity index (χ2v) is 2.03. The quantitative estimate of drug-likeness (QED) is 0.523. The van der Waals surface area contributed by atoms with Crippen molar-refractivity contribution in [3.05, 3.63) is 12.4 Å². The summed E-state index contributed by atoms with van der Waals surface area (Å²) in [5.41, 5.74) is 6.14. The molecule has 0 saturated heterocycles. The van der Waals surface area contributed by atoms with Crippen molar-refractivity contribution >= 4 is 5.95 Å². The van der Waals surface area contributed by atoms with Crippen molar-refractivity contribution in [1.82, 2.24) is 25.4 Å². The second kappa shape index (κ2) is 2.08. The van der Waals surface area contributed by atoms with Gasteiger partial charge in [0.2, 0.25) is 5.95 Å². The lowest BCUT2D eigenvalue weighted by Crippen LogP contribution is -1.85. The van der Waals surface area contributed by atoms with Gasteiger partial charge in [-0.05, 0) is 0 Å². The van der Waals surface area contributed by atoms with Crippen molar-refractivity contribution in [2.24, 2.45) is 0 Å². The van der Waals surface area contributed by atoms with Crippen LogP contribution in [-0.4, -0.2) is 25.4 Å². The maximum atomic E-state index is 5.30. The minimum atomic E-state index is 0.237. The molecule has 0 fully saturated rings. The summed E-state index contributed by atoms with van der Waals surface area (Å²) in [4.78, 5) is 3.90. The summed E-state index contributed by atoms with van der Waals surface area (Å²) < 4.78 is 0. The molecule has 0 atom stereocenters. The van der Waals surface area contributed by atoms with E-state index in [9.17, 15) is 0 Å². The normalized spacial score (nSPS) is 10.2. The Morgan fingerprint density at radius 1 is 1.45 bits per heavy atom. The number of nitrogens with zero attached hydrogens (tertiary/aromatic N) is 3. The van der Waals surface area contributed by atoms with Crippen LogP contribution in [0.1, 0.15) is 0 Å². The van der Waals surface area contributed by atoms with Crippen LogP contribution in [0.5, 0.6) is 0 Å². The van der Waals surface area contributed by atoms with Crippen molar-refractivity contribution in [3.8, 4) is 11.4 Å². The fourth-order valence-corrected chi connectivity index (χ4v) is 0.784. The van der Waals surface area contributed by atoms with E-state index in [1.165, 1.54) is 0 Å². The number of aromatic amines is 2. The molecule has 56 valence electrons. The van der Waals surface area contributed by atoms with Gasteiger partial charge < -0.3 is 5.73 Å². The van der Waals surface area contributed by atoms with E-state index in [0.29, 0.717) is 5.82 Å². The highest BCUT2D eigenvalue weighted by Gasteiger charge is 2.02. The van der Waals surface area contributed by atoms with Gasteiger partial charge in [-0.25, -0.2) is 0 Å². The molecule has 2 aromatic heterocycles. The molecule has 6 nitrogen and oxygen atoms in total. The van der Waals surface area contributed by atoms with E-state index in [0.717, 1.165) is 5.56 Å². The lowest BCUT2D eigenvalue weighted by Gasteiger charge is -1.82. The largest absolute Gasteiger partial charge is 0.366 e. The predicted molar refractivity (Wildman–Crippen MR) is 38.4 cm³/mol. The van der Waals surface area contributed by atoms with Crippen LogP contribution in [0, 0.1) is 0 Å². The second-order valence-electron chi connectivity index (χ2n) is 2.03. The lowest BCUT2D eigenvalue weighted by atomic mass is 10.3. The maximum absolute atomic E-state index is 5.30. The topological polar surface area (TPSA) is 96.3 Å². The molecular weight excluding hydrogens is 144 g/mol. The molecule has 4 N–H and O–H groups in total. The predicted octanol–water partition coefficient (Wildman–Crippen LogP) is -0.223. The Labute approximate surface area is 61.8 Å². The van der Waals surface area contributed by atoms with Crippen molar-refractivity contribution < 1.29 is 0 Å². The standard InChI is InChI=1S/C5H6N6/c6-5-9-4(10-11-5)3-1-7-8-2-3/h1-2H,(H,7,8)(H3,6,9,10,11). The van der Waals surface area contributed by atoms with Crippen molar-refractivity contribution in [3.63, 3.8) is 0 Å². The number of anilines is 1. The Hall–Kier alpha value is -1.85. The van der Waals surface area contributed by atoms with Crippen molar-refractivity contribution in [2.45, 2.75) is 0 Å². The number of rotatable bonds is 1. The fraction of sp³-hybridized carbons (Fsp3) is 0. The summed E-state index contributed by atoms with van der Waals surface area (Å²) in [6.45, 7) is 0. The minimum Gasteiger partial charge on any atom is -0.366 e. The smallest absolute Gasteiger partial charge is 0.239 e. The molecule has 11 heavy (non-hydrogen) atoms. The molecule has 0 aliphatic heterocycles. The van der Waals surface area contributed by atoms with Gasteiger partial charge in [-0.1, -0.05) is 0 Å². The molecular formula is C5H6N6. The third-order valence-electron chi connectivity index (χ3n) is 1.27. The van der Waals surface area contributed by atoms with E-state index >= 15 is 0 Å². The van der Waals surface area contributed by atoms with E-state index in [2.05, 4.69) is 25.4 Å². The molecule has 0 amide bonds. The zero-order valence-electron chi connectivity index (χ0n) is 5.57. The van der Waals surface area contributed by atoms with Crippen molar-refractivity contribution in [1.29, 1.82) is 0 Å². The molecule has 2 aromatic rings. The Balaban J connectivity index is 2.45. The van der Waals surface area contributed by atoms with Crippen LogP contribution < -0.4 is 5.73 Å². The number of hydrogen-bond acceptors (Lipinski definition) is 4. The molecule has 0 aliphatic rings. The average Bonchev–Trinajstić information content (AvgIpc) is 2.55. The number of hydrogen-bond donors (Lipinski definition) is 3. The number of aromatic nitrogens is 5. The van der Waals surface area contributed by atoms with Crippen LogP contribution in [-0.2, 0) is 0 Å². The zero-order valence-corrected chi connectivity index (χ0v) is 5.57. The van der Waals surface area contributed by atoms with Crippen LogP contribution in [0.2, 0.25) is 0 Å². The Kier molecular flexibility index (Phi) is 1.12. The highest BCUT2D eigenvalue weighted by Crippen LogP contribution is 2.11. The fourth-order valence-electron chi connectivity index (χ4n) is 0.784. The number of nitrogens with two attached hydrogens (primary N) is 1. The first-order valence-corrected chi connectivity index (χ1v) is 3.03. The minimum absolute atomic E-state index is 0.237. The van der Waals surface area contributed by atoms with Crippen molar-refractivity contribution in [2.75, 3.05) is 5.73 Å². The first-order chi connectivity index (χ1) is 5.36. The van der Waals surface area contributed by atoms with Gasteiger partial charge >= 0.3 is 0 Å². The number of H-pyrrole nitrogens is 2. The molecule has 6 heteroatoms. The summed E-state index contributed by atoms with van der Waals surface area (Å²) in [5.74, 6) is 0.859. The Morgan fingerprint density at radius 3 is 2.91 bits per heavy atom. The lowest BCUT2D eigenvalue weighted by molar-refractivity contribution is 1.09. The van der Waals surface area contributed by atoms with E-state index in [4.69, 9.17) is 5.73 Å². The van der Waals surface area contributed by atoms with Gasteiger partial charge in [0, 0.05) is 6.20 Å². The molecule has 0 radical (unpaired) electrons. The molecule has 0 aliphatic carbocycles. The van der Waals surface area contributed by atoms with Crippen LogP contribution in [0.4, 0.5) is 5.95 Å². The number of nitrogens with one attached hydrogen (secondary N) is 2. The van der Waals surface area contributed by atoms with Crippen LogP contribution >= 0.6 is 0 Å². The van der Waals surface area contributed by atoms with E-state index < -0.39 is 0 Å². The molecule has 0 spiro atoms. The van der Waals surface area contributed by atoms with Crippen LogP contribution in [0.3, 0.4) is 0 Å². The number of nitrogen functional groups attached to an aromatic ring is 1.